The summed E-state index contributed by atoms with van der Waals surface area (Å²) >= 11 is 0. The van der Waals surface area contributed by atoms with Gasteiger partial charge in [0.1, 0.15) is 29.5 Å². The Morgan fingerprint density at radius 2 is 2.03 bits per heavy atom. The van der Waals surface area contributed by atoms with Gasteiger partial charge < -0.3 is 41.5 Å². The van der Waals surface area contributed by atoms with E-state index in [0.29, 0.717) is 49.3 Å². The Kier molecular flexibility index (Phi) is 10.6. The number of benzene rings is 2. The second kappa shape index (κ2) is 14.5. The monoisotopic (exact) mass is 538 g/mol. The number of anilines is 1. The number of amides is 1. The number of halogens is 1. The van der Waals surface area contributed by atoms with Gasteiger partial charge in [0, 0.05) is 87.1 Å². The Bertz CT molecular complexity index is 1130. The van der Waals surface area contributed by atoms with Gasteiger partial charge in [0.15, 0.2) is 0 Å². The first-order valence-electron chi connectivity index (χ1n) is 13.6. The molecule has 2 saturated heterocycles. The van der Waals surface area contributed by atoms with Crippen molar-refractivity contribution in [3.05, 3.63) is 59.5 Å². The number of nitrogens with two attached hydrogens (primary N) is 1. The van der Waals surface area contributed by atoms with Crippen molar-refractivity contribution in [2.24, 2.45) is 5.73 Å². The van der Waals surface area contributed by atoms with Crippen molar-refractivity contribution in [3.8, 4) is 11.5 Å². The van der Waals surface area contributed by atoms with Gasteiger partial charge in [0.2, 0.25) is 6.41 Å². The van der Waals surface area contributed by atoms with Gasteiger partial charge in [-0.05, 0) is 49.6 Å². The SMILES string of the molecule is N=C/C(=C\N)c1cc(CCC(CCNC=O)Oc2cc(F)cc(N3CCNCC3)c2)ccc1O[C@H]1CCNC1. The highest BCUT2D eigenvalue weighted by Crippen LogP contribution is 2.30. The molecule has 0 aromatic heterocycles. The van der Waals surface area contributed by atoms with Crippen LogP contribution in [-0.2, 0) is 11.2 Å². The maximum absolute atomic E-state index is 14.5. The maximum atomic E-state index is 14.5. The van der Waals surface area contributed by atoms with Crippen LogP contribution in [0.3, 0.4) is 0 Å². The normalized spacial score (nSPS) is 18.4. The molecule has 4 rings (SSSR count). The summed E-state index contributed by atoms with van der Waals surface area (Å²) < 4.78 is 27.0. The second-order valence-corrected chi connectivity index (χ2v) is 9.85. The van der Waals surface area contributed by atoms with Gasteiger partial charge in [0.05, 0.1) is 0 Å². The molecule has 2 fully saturated rings. The van der Waals surface area contributed by atoms with E-state index in [1.54, 1.807) is 6.07 Å². The van der Waals surface area contributed by atoms with E-state index in [4.69, 9.17) is 20.6 Å². The molecule has 2 aromatic rings. The summed E-state index contributed by atoms with van der Waals surface area (Å²) in [4.78, 5) is 13.0. The molecule has 10 heteroatoms. The van der Waals surface area contributed by atoms with Crippen LogP contribution < -0.4 is 36.1 Å². The van der Waals surface area contributed by atoms with Crippen LogP contribution in [-0.4, -0.2) is 70.6 Å². The summed E-state index contributed by atoms with van der Waals surface area (Å²) in [5.41, 5.74) is 9.04. The molecule has 0 saturated carbocycles. The van der Waals surface area contributed by atoms with Gasteiger partial charge in [-0.2, -0.15) is 0 Å². The summed E-state index contributed by atoms with van der Waals surface area (Å²) in [6.07, 6.45) is 6.00. The van der Waals surface area contributed by atoms with Crippen molar-refractivity contribution in [1.82, 2.24) is 16.0 Å². The van der Waals surface area contributed by atoms with Gasteiger partial charge >= 0.3 is 0 Å². The third-order valence-corrected chi connectivity index (χ3v) is 7.09. The average Bonchev–Trinajstić information content (AvgIpc) is 3.47. The minimum atomic E-state index is -0.337. The van der Waals surface area contributed by atoms with Crippen LogP contribution in [0.15, 0.2) is 42.6 Å². The molecule has 2 aromatic carbocycles. The number of nitrogens with one attached hydrogen (secondary N) is 4. The zero-order chi connectivity index (χ0) is 27.5. The van der Waals surface area contributed by atoms with Gasteiger partial charge in [-0.25, -0.2) is 4.39 Å². The quantitative estimate of drug-likeness (QED) is 0.142. The molecule has 2 aliphatic heterocycles. The summed E-state index contributed by atoms with van der Waals surface area (Å²) in [6.45, 7) is 5.50. The van der Waals surface area contributed by atoms with Crippen molar-refractivity contribution < 1.29 is 18.7 Å². The molecule has 210 valence electrons. The lowest BCUT2D eigenvalue weighted by molar-refractivity contribution is -0.109. The van der Waals surface area contributed by atoms with E-state index in [1.807, 2.05) is 24.3 Å². The lowest BCUT2D eigenvalue weighted by Crippen LogP contribution is -2.43. The van der Waals surface area contributed by atoms with Crippen LogP contribution in [0.5, 0.6) is 11.5 Å². The van der Waals surface area contributed by atoms with Gasteiger partial charge in [-0.3, -0.25) is 4.79 Å². The van der Waals surface area contributed by atoms with Crippen LogP contribution in [0.1, 0.15) is 30.4 Å². The van der Waals surface area contributed by atoms with Crippen LogP contribution in [0.25, 0.3) is 5.57 Å². The third kappa shape index (κ3) is 8.18. The highest BCUT2D eigenvalue weighted by molar-refractivity contribution is 6.09. The lowest BCUT2D eigenvalue weighted by Gasteiger charge is -2.30. The average molecular weight is 539 g/mol. The number of carbonyl (C=O) groups excluding carboxylic acids is 1. The molecule has 9 nitrogen and oxygen atoms in total. The van der Waals surface area contributed by atoms with Crippen molar-refractivity contribution in [2.45, 2.75) is 37.9 Å². The van der Waals surface area contributed by atoms with E-state index in [0.717, 1.165) is 62.5 Å². The first-order chi connectivity index (χ1) is 19.1. The smallest absolute Gasteiger partial charge is 0.207 e. The fraction of sp³-hybridized carbons (Fsp3) is 0.448. The largest absolute Gasteiger partial charge is 0.490 e. The Balaban J connectivity index is 1.48. The number of piperazine rings is 1. The van der Waals surface area contributed by atoms with Crippen LogP contribution >= 0.6 is 0 Å². The second-order valence-electron chi connectivity index (χ2n) is 9.85. The number of rotatable bonds is 14. The minimum Gasteiger partial charge on any atom is -0.490 e. The van der Waals surface area contributed by atoms with E-state index in [2.05, 4.69) is 20.9 Å². The number of hydrogen-bond donors (Lipinski definition) is 5. The zero-order valence-corrected chi connectivity index (χ0v) is 22.3. The molecule has 2 aliphatic rings. The van der Waals surface area contributed by atoms with E-state index < -0.39 is 0 Å². The summed E-state index contributed by atoms with van der Waals surface area (Å²) in [7, 11) is 0. The molecule has 1 amide bonds. The molecular weight excluding hydrogens is 499 g/mol. The van der Waals surface area contributed by atoms with E-state index in [-0.39, 0.29) is 18.0 Å². The van der Waals surface area contributed by atoms with E-state index >= 15 is 0 Å². The molecule has 1 unspecified atom stereocenters. The number of allylic oxidation sites excluding steroid dienone is 1. The summed E-state index contributed by atoms with van der Waals surface area (Å²) in [5, 5.41) is 17.1. The van der Waals surface area contributed by atoms with Crippen LogP contribution in [0, 0.1) is 11.2 Å². The molecule has 6 N–H and O–H groups in total. The highest BCUT2D eigenvalue weighted by Gasteiger charge is 2.20. The fourth-order valence-electron chi connectivity index (χ4n) is 4.99. The Labute approximate surface area is 229 Å². The molecule has 2 atom stereocenters. The Hall–Kier alpha value is -3.63. The van der Waals surface area contributed by atoms with Crippen LogP contribution in [0.2, 0.25) is 0 Å². The molecule has 39 heavy (non-hydrogen) atoms. The van der Waals surface area contributed by atoms with Crippen molar-refractivity contribution in [3.63, 3.8) is 0 Å². The number of aryl methyl sites for hydroxylation is 1. The first-order valence-corrected chi connectivity index (χ1v) is 13.6. The first kappa shape index (κ1) is 28.4. The van der Waals surface area contributed by atoms with Gasteiger partial charge in [-0.15, -0.1) is 0 Å². The number of ether oxygens (including phenoxy) is 2. The molecule has 0 bridgehead atoms. The topological polar surface area (TPSA) is 125 Å². The van der Waals surface area contributed by atoms with Crippen LogP contribution in [0.4, 0.5) is 10.1 Å². The standard InChI is InChI=1S/C29H39FN6O3/c30-23-14-24(36-11-9-33-10-12-36)16-27(15-23)38-25(5-8-35-20-37)3-1-21-2-4-29(39-26-6-7-34-19-26)28(13-21)22(17-31)18-32/h2,4,13-18,20,25-26,31,33-34H,1,3,5-12,19,32H2,(H,35,37)/b22-18+,31-17?/t25?,26-/m0/s1. The maximum Gasteiger partial charge on any atom is 0.207 e. The summed E-state index contributed by atoms with van der Waals surface area (Å²) in [6, 6.07) is 10.8. The van der Waals surface area contributed by atoms with E-state index in [9.17, 15) is 9.18 Å². The number of hydrogen-bond acceptors (Lipinski definition) is 8. The van der Waals surface area contributed by atoms with Crippen molar-refractivity contribution >= 4 is 23.9 Å². The molecule has 2 heterocycles. The van der Waals surface area contributed by atoms with Gasteiger partial charge in [0.25, 0.3) is 0 Å². The van der Waals surface area contributed by atoms with Gasteiger partial charge in [-0.1, -0.05) is 6.07 Å². The Morgan fingerprint density at radius 1 is 1.18 bits per heavy atom. The van der Waals surface area contributed by atoms with Crippen molar-refractivity contribution in [2.75, 3.05) is 50.7 Å². The predicted molar refractivity (Wildman–Crippen MR) is 152 cm³/mol. The molecule has 0 aliphatic carbocycles. The number of nitrogens with zero attached hydrogens (tertiary/aromatic N) is 1. The third-order valence-electron chi connectivity index (χ3n) is 7.09. The van der Waals surface area contributed by atoms with Crippen molar-refractivity contribution in [1.29, 1.82) is 5.41 Å². The van der Waals surface area contributed by atoms with E-state index in [1.165, 1.54) is 18.5 Å². The molecule has 0 radical (unpaired) electrons. The molecular formula is C29H39FN6O3. The lowest BCUT2D eigenvalue weighted by atomic mass is 9.99. The highest BCUT2D eigenvalue weighted by atomic mass is 19.1. The Morgan fingerprint density at radius 3 is 2.74 bits per heavy atom. The number of carbonyl (C=O) groups is 1. The predicted octanol–water partition coefficient (Wildman–Crippen LogP) is 2.44. The molecule has 0 spiro atoms. The minimum absolute atomic E-state index is 0.0832. The fourth-order valence-corrected chi connectivity index (χ4v) is 4.99. The summed E-state index contributed by atoms with van der Waals surface area (Å²) in [5.74, 6) is 0.846. The zero-order valence-electron chi connectivity index (χ0n) is 22.3.